The fourth-order valence-electron chi connectivity index (χ4n) is 1.08. The third-order valence-corrected chi connectivity index (χ3v) is 2.27. The molecule has 3 N–H and O–H groups in total. The van der Waals surface area contributed by atoms with Gasteiger partial charge in [-0.15, -0.1) is 6.58 Å². The number of carbonyl (C=O) groups is 1. The summed E-state index contributed by atoms with van der Waals surface area (Å²) >= 11 is 0. The average Bonchev–Trinajstić information content (AvgIpc) is 2.10. The molecule has 0 fully saturated rings. The quantitative estimate of drug-likeness (QED) is 0.459. The van der Waals surface area contributed by atoms with Gasteiger partial charge in [0.15, 0.2) is 0 Å². The molecule has 0 aromatic heterocycles. The number of hydrogen-bond acceptors (Lipinski definition) is 2. The summed E-state index contributed by atoms with van der Waals surface area (Å²) in [6.45, 7) is 8.11. The summed E-state index contributed by atoms with van der Waals surface area (Å²) in [5.74, 6) is -0.302. The van der Waals surface area contributed by atoms with Crippen LogP contribution in [-0.4, -0.2) is 18.0 Å². The number of nitrogens with two attached hydrogens (primary N) is 1. The number of carbonyl (C=O) groups excluding carboxylic acids is 1. The Morgan fingerprint density at radius 2 is 2.07 bits per heavy atom. The van der Waals surface area contributed by atoms with Crippen molar-refractivity contribution in [2.45, 2.75) is 45.1 Å². The number of primary amides is 1. The number of hydrogen-bond donors (Lipinski definition) is 2. The molecule has 3 nitrogen and oxygen atoms in total. The Morgan fingerprint density at radius 1 is 1.43 bits per heavy atom. The first-order valence-corrected chi connectivity index (χ1v) is 5.16. The van der Waals surface area contributed by atoms with Crippen molar-refractivity contribution in [3.8, 4) is 0 Å². The zero-order valence-electron chi connectivity index (χ0n) is 9.31. The molecule has 0 radical (unpaired) electrons. The second-order valence-corrected chi connectivity index (χ2v) is 4.05. The molecule has 0 rings (SSSR count). The van der Waals surface area contributed by atoms with Gasteiger partial charge in [-0.3, -0.25) is 4.79 Å². The molecule has 0 atom stereocenters. The summed E-state index contributed by atoms with van der Waals surface area (Å²) in [6.07, 6.45) is 6.40. The number of allylic oxidation sites excluding steroid dienone is 1. The Hall–Kier alpha value is -0.830. The summed E-state index contributed by atoms with van der Waals surface area (Å²) in [5, 5.41) is 3.13. The van der Waals surface area contributed by atoms with Gasteiger partial charge >= 0.3 is 0 Å². The lowest BCUT2D eigenvalue weighted by Gasteiger charge is -2.22. The normalized spacial score (nSPS) is 11.3. The second-order valence-electron chi connectivity index (χ2n) is 4.05. The molecular formula is C11H22N2O. The van der Waals surface area contributed by atoms with Gasteiger partial charge in [-0.2, -0.15) is 0 Å². The van der Waals surface area contributed by atoms with Gasteiger partial charge in [0, 0.05) is 0 Å². The number of unbranched alkanes of at least 4 members (excludes halogenated alkanes) is 3. The van der Waals surface area contributed by atoms with Gasteiger partial charge in [-0.25, -0.2) is 0 Å². The predicted molar refractivity (Wildman–Crippen MR) is 59.9 cm³/mol. The van der Waals surface area contributed by atoms with Crippen LogP contribution >= 0.6 is 0 Å². The molecule has 82 valence electrons. The van der Waals surface area contributed by atoms with E-state index in [0.29, 0.717) is 0 Å². The molecule has 0 aromatic rings. The van der Waals surface area contributed by atoms with Crippen molar-refractivity contribution in [1.29, 1.82) is 0 Å². The lowest BCUT2D eigenvalue weighted by atomic mass is 10.0. The largest absolute Gasteiger partial charge is 0.368 e. The maximum atomic E-state index is 10.9. The van der Waals surface area contributed by atoms with Crippen LogP contribution in [0.3, 0.4) is 0 Å². The van der Waals surface area contributed by atoms with E-state index in [1.807, 2.05) is 6.08 Å². The van der Waals surface area contributed by atoms with Crippen molar-refractivity contribution < 1.29 is 4.79 Å². The van der Waals surface area contributed by atoms with Gasteiger partial charge < -0.3 is 11.1 Å². The molecular weight excluding hydrogens is 176 g/mol. The van der Waals surface area contributed by atoms with E-state index >= 15 is 0 Å². The molecule has 0 spiro atoms. The van der Waals surface area contributed by atoms with Gasteiger partial charge in [-0.1, -0.05) is 12.5 Å². The summed E-state index contributed by atoms with van der Waals surface area (Å²) in [6, 6.07) is 0. The summed E-state index contributed by atoms with van der Waals surface area (Å²) in [4.78, 5) is 10.9. The maximum absolute atomic E-state index is 10.9. The summed E-state index contributed by atoms with van der Waals surface area (Å²) in [5.41, 5.74) is 4.63. The Kier molecular flexibility index (Phi) is 6.21. The zero-order chi connectivity index (χ0) is 11.0. The minimum Gasteiger partial charge on any atom is -0.368 e. The van der Waals surface area contributed by atoms with Crippen LogP contribution in [0.25, 0.3) is 0 Å². The van der Waals surface area contributed by atoms with E-state index < -0.39 is 5.54 Å². The van der Waals surface area contributed by atoms with Crippen molar-refractivity contribution in [2.24, 2.45) is 5.73 Å². The van der Waals surface area contributed by atoms with E-state index in [4.69, 9.17) is 5.73 Å². The molecule has 3 heteroatoms. The molecule has 0 aliphatic rings. The van der Waals surface area contributed by atoms with Crippen molar-refractivity contribution in [3.05, 3.63) is 12.7 Å². The SMILES string of the molecule is C=CCCCCCNC(C)(C)C(N)=O. The average molecular weight is 198 g/mol. The van der Waals surface area contributed by atoms with E-state index in [-0.39, 0.29) is 5.91 Å². The molecule has 1 amide bonds. The smallest absolute Gasteiger partial charge is 0.237 e. The Labute approximate surface area is 86.8 Å². The highest BCUT2D eigenvalue weighted by atomic mass is 16.1. The molecule has 0 heterocycles. The molecule has 0 aliphatic carbocycles. The molecule has 14 heavy (non-hydrogen) atoms. The molecule has 0 unspecified atom stereocenters. The summed E-state index contributed by atoms with van der Waals surface area (Å²) in [7, 11) is 0. The standard InChI is InChI=1S/C11H22N2O/c1-4-5-6-7-8-9-13-11(2,3)10(12)14/h4,13H,1,5-9H2,2-3H3,(H2,12,14). The van der Waals surface area contributed by atoms with E-state index in [0.717, 1.165) is 25.8 Å². The van der Waals surface area contributed by atoms with Crippen LogP contribution < -0.4 is 11.1 Å². The van der Waals surface area contributed by atoms with Crippen molar-refractivity contribution in [3.63, 3.8) is 0 Å². The van der Waals surface area contributed by atoms with Gasteiger partial charge in [0.05, 0.1) is 5.54 Å². The highest BCUT2D eigenvalue weighted by Gasteiger charge is 2.22. The van der Waals surface area contributed by atoms with E-state index in [2.05, 4.69) is 11.9 Å². The van der Waals surface area contributed by atoms with Crippen LogP contribution in [0.4, 0.5) is 0 Å². The minimum atomic E-state index is -0.585. The van der Waals surface area contributed by atoms with E-state index in [9.17, 15) is 4.79 Å². The molecule has 0 saturated heterocycles. The van der Waals surface area contributed by atoms with Gasteiger partial charge in [-0.05, 0) is 39.7 Å². The van der Waals surface area contributed by atoms with Crippen LogP contribution in [0.2, 0.25) is 0 Å². The topological polar surface area (TPSA) is 55.1 Å². The summed E-state index contributed by atoms with van der Waals surface area (Å²) < 4.78 is 0. The van der Waals surface area contributed by atoms with Gasteiger partial charge in [0.2, 0.25) is 5.91 Å². The molecule has 0 bridgehead atoms. The lowest BCUT2D eigenvalue weighted by molar-refractivity contribution is -0.123. The van der Waals surface area contributed by atoms with E-state index in [1.165, 1.54) is 6.42 Å². The number of nitrogens with one attached hydrogen (secondary N) is 1. The Balaban J connectivity index is 3.44. The predicted octanol–water partition coefficient (Wildman–Crippen LogP) is 1.59. The fourth-order valence-corrected chi connectivity index (χ4v) is 1.08. The third-order valence-electron chi connectivity index (χ3n) is 2.27. The van der Waals surface area contributed by atoms with Crippen LogP contribution in [0.15, 0.2) is 12.7 Å². The van der Waals surface area contributed by atoms with E-state index in [1.54, 1.807) is 13.8 Å². The first-order valence-electron chi connectivity index (χ1n) is 5.16. The number of rotatable bonds is 8. The van der Waals surface area contributed by atoms with Crippen LogP contribution in [0, 0.1) is 0 Å². The zero-order valence-corrected chi connectivity index (χ0v) is 9.31. The van der Waals surface area contributed by atoms with Gasteiger partial charge in [0.1, 0.15) is 0 Å². The highest BCUT2D eigenvalue weighted by molar-refractivity contribution is 5.83. The Bertz CT molecular complexity index is 188. The van der Waals surface area contributed by atoms with Gasteiger partial charge in [0.25, 0.3) is 0 Å². The van der Waals surface area contributed by atoms with Crippen LogP contribution in [0.5, 0.6) is 0 Å². The fraction of sp³-hybridized carbons (Fsp3) is 0.727. The van der Waals surface area contributed by atoms with Crippen molar-refractivity contribution in [1.82, 2.24) is 5.32 Å². The number of amides is 1. The monoisotopic (exact) mass is 198 g/mol. The van der Waals surface area contributed by atoms with Crippen molar-refractivity contribution >= 4 is 5.91 Å². The first kappa shape index (κ1) is 13.2. The minimum absolute atomic E-state index is 0.302. The highest BCUT2D eigenvalue weighted by Crippen LogP contribution is 2.03. The first-order chi connectivity index (χ1) is 6.50. The molecule has 0 aromatic carbocycles. The van der Waals surface area contributed by atoms with Crippen LogP contribution in [-0.2, 0) is 4.79 Å². The molecule has 0 saturated carbocycles. The maximum Gasteiger partial charge on any atom is 0.237 e. The lowest BCUT2D eigenvalue weighted by Crippen LogP contribution is -2.50. The van der Waals surface area contributed by atoms with Crippen molar-refractivity contribution in [2.75, 3.05) is 6.54 Å². The second kappa shape index (κ2) is 6.60. The Morgan fingerprint density at radius 3 is 2.57 bits per heavy atom. The van der Waals surface area contributed by atoms with Crippen LogP contribution in [0.1, 0.15) is 39.5 Å². The third kappa shape index (κ3) is 5.75. The molecule has 0 aliphatic heterocycles.